The van der Waals surface area contributed by atoms with E-state index in [0.717, 1.165) is 30.4 Å². The number of nitrogens with zero attached hydrogens (tertiary/aromatic N) is 1. The predicted octanol–water partition coefficient (Wildman–Crippen LogP) is 0.525. The normalized spacial score (nSPS) is 17.8. The Hall–Kier alpha value is -1.92. The van der Waals surface area contributed by atoms with Crippen molar-refractivity contribution < 1.29 is 14.7 Å². The van der Waals surface area contributed by atoms with Gasteiger partial charge in [-0.1, -0.05) is 24.3 Å². The number of benzene rings is 1. The molecule has 2 rings (SSSR count). The Morgan fingerprint density at radius 3 is 2.83 bits per heavy atom. The van der Waals surface area contributed by atoms with Crippen molar-refractivity contribution in [1.29, 1.82) is 0 Å². The van der Waals surface area contributed by atoms with Crippen LogP contribution in [0.25, 0.3) is 0 Å². The Morgan fingerprint density at radius 1 is 1.30 bits per heavy atom. The summed E-state index contributed by atoms with van der Waals surface area (Å²) < 4.78 is 0. The number of nitrogens with two attached hydrogens (primary N) is 1. The summed E-state index contributed by atoms with van der Waals surface area (Å²) in [5.74, 6) is -1.09. The van der Waals surface area contributed by atoms with Gasteiger partial charge in [-0.05, 0) is 36.8 Å². The Balaban J connectivity index is 1.92. The number of hydrogen-bond donors (Lipinski definition) is 3. The van der Waals surface area contributed by atoms with Crippen LogP contribution in [0.2, 0.25) is 0 Å². The van der Waals surface area contributed by atoms with E-state index in [0.29, 0.717) is 26.1 Å². The predicted molar refractivity (Wildman–Crippen MR) is 87.2 cm³/mol. The van der Waals surface area contributed by atoms with Crippen molar-refractivity contribution in [2.24, 2.45) is 5.73 Å². The number of carbonyl (C=O) groups excluding carboxylic acids is 2. The Bertz CT molecular complexity index is 546. The van der Waals surface area contributed by atoms with Crippen LogP contribution in [0.15, 0.2) is 24.3 Å². The molecule has 6 heteroatoms. The molecule has 23 heavy (non-hydrogen) atoms. The lowest BCUT2D eigenvalue weighted by atomic mass is 9.99. The van der Waals surface area contributed by atoms with Gasteiger partial charge in [0.2, 0.25) is 0 Å². The molecular formula is C17H25N3O3. The van der Waals surface area contributed by atoms with Gasteiger partial charge in [0.05, 0.1) is 0 Å². The monoisotopic (exact) mass is 319 g/mol. The number of nitrogens with one attached hydrogen (secondary N) is 1. The highest BCUT2D eigenvalue weighted by molar-refractivity contribution is 6.35. The average Bonchev–Trinajstić information content (AvgIpc) is 2.60. The van der Waals surface area contributed by atoms with E-state index in [9.17, 15) is 9.59 Å². The summed E-state index contributed by atoms with van der Waals surface area (Å²) in [7, 11) is 0. The van der Waals surface area contributed by atoms with Crippen molar-refractivity contribution in [3.05, 3.63) is 35.4 Å². The maximum Gasteiger partial charge on any atom is 0.312 e. The zero-order valence-corrected chi connectivity index (χ0v) is 13.3. The SMILES string of the molecule is NCc1cccc(CNC(=O)C(=O)N2CCCCC2CCO)c1. The fourth-order valence-electron chi connectivity index (χ4n) is 2.97. The number of hydrogen-bond acceptors (Lipinski definition) is 4. The number of aliphatic hydroxyl groups is 1. The molecule has 2 amide bonds. The van der Waals surface area contributed by atoms with Crippen LogP contribution in [0.3, 0.4) is 0 Å². The van der Waals surface area contributed by atoms with Gasteiger partial charge >= 0.3 is 11.8 Å². The molecule has 1 aliphatic rings. The Kier molecular flexibility index (Phi) is 6.55. The highest BCUT2D eigenvalue weighted by atomic mass is 16.3. The first-order valence-corrected chi connectivity index (χ1v) is 8.13. The average molecular weight is 319 g/mol. The van der Waals surface area contributed by atoms with E-state index in [1.165, 1.54) is 0 Å². The van der Waals surface area contributed by atoms with Crippen molar-refractivity contribution >= 4 is 11.8 Å². The second kappa shape index (κ2) is 8.64. The largest absolute Gasteiger partial charge is 0.396 e. The topological polar surface area (TPSA) is 95.7 Å². The van der Waals surface area contributed by atoms with Gasteiger partial charge in [-0.15, -0.1) is 0 Å². The smallest absolute Gasteiger partial charge is 0.312 e. The molecule has 1 saturated heterocycles. The van der Waals surface area contributed by atoms with Crippen LogP contribution < -0.4 is 11.1 Å². The van der Waals surface area contributed by atoms with E-state index < -0.39 is 11.8 Å². The molecule has 0 saturated carbocycles. The van der Waals surface area contributed by atoms with Gasteiger partial charge in [0, 0.05) is 32.3 Å². The molecule has 1 aromatic rings. The third-order valence-corrected chi connectivity index (χ3v) is 4.22. The number of aliphatic hydroxyl groups excluding tert-OH is 1. The quantitative estimate of drug-likeness (QED) is 0.690. The van der Waals surface area contributed by atoms with E-state index in [-0.39, 0.29) is 12.6 Å². The maximum absolute atomic E-state index is 12.3. The zero-order chi connectivity index (χ0) is 16.7. The van der Waals surface area contributed by atoms with Crippen molar-refractivity contribution in [2.75, 3.05) is 13.2 Å². The summed E-state index contributed by atoms with van der Waals surface area (Å²) in [6.45, 7) is 1.36. The fourth-order valence-corrected chi connectivity index (χ4v) is 2.97. The fraction of sp³-hybridized carbons (Fsp3) is 0.529. The highest BCUT2D eigenvalue weighted by Gasteiger charge is 2.30. The molecule has 0 radical (unpaired) electrons. The molecule has 1 fully saturated rings. The molecule has 0 bridgehead atoms. The molecule has 0 aliphatic carbocycles. The van der Waals surface area contributed by atoms with Crippen LogP contribution in [0.5, 0.6) is 0 Å². The first-order valence-electron chi connectivity index (χ1n) is 8.13. The van der Waals surface area contributed by atoms with Crippen molar-refractivity contribution in [3.8, 4) is 0 Å². The minimum atomic E-state index is -0.590. The molecule has 1 heterocycles. The second-order valence-electron chi connectivity index (χ2n) is 5.87. The van der Waals surface area contributed by atoms with Gasteiger partial charge in [0.15, 0.2) is 0 Å². The molecule has 1 aromatic carbocycles. The van der Waals surface area contributed by atoms with Gasteiger partial charge in [0.1, 0.15) is 0 Å². The molecule has 0 spiro atoms. The summed E-state index contributed by atoms with van der Waals surface area (Å²) >= 11 is 0. The van der Waals surface area contributed by atoms with E-state index >= 15 is 0 Å². The van der Waals surface area contributed by atoms with Crippen LogP contribution in [-0.2, 0) is 22.7 Å². The number of carbonyl (C=O) groups is 2. The molecule has 4 N–H and O–H groups in total. The zero-order valence-electron chi connectivity index (χ0n) is 13.3. The summed E-state index contributed by atoms with van der Waals surface area (Å²) in [5.41, 5.74) is 7.50. The minimum Gasteiger partial charge on any atom is -0.396 e. The minimum absolute atomic E-state index is 0.0297. The van der Waals surface area contributed by atoms with E-state index in [1.54, 1.807) is 4.90 Å². The number of likely N-dealkylation sites (tertiary alicyclic amines) is 1. The second-order valence-corrected chi connectivity index (χ2v) is 5.87. The lowest BCUT2D eigenvalue weighted by Gasteiger charge is -2.35. The van der Waals surface area contributed by atoms with Gasteiger partial charge < -0.3 is 21.1 Å². The molecular weight excluding hydrogens is 294 g/mol. The molecule has 1 atom stereocenters. The third-order valence-electron chi connectivity index (χ3n) is 4.22. The Morgan fingerprint density at radius 2 is 2.09 bits per heavy atom. The van der Waals surface area contributed by atoms with Crippen molar-refractivity contribution in [2.45, 2.75) is 44.8 Å². The Labute approximate surface area is 136 Å². The van der Waals surface area contributed by atoms with Crippen LogP contribution in [-0.4, -0.2) is 41.0 Å². The molecule has 126 valence electrons. The van der Waals surface area contributed by atoms with Gasteiger partial charge in [-0.25, -0.2) is 0 Å². The lowest BCUT2D eigenvalue weighted by Crippen LogP contribution is -2.50. The van der Waals surface area contributed by atoms with Gasteiger partial charge in [-0.2, -0.15) is 0 Å². The van der Waals surface area contributed by atoms with Gasteiger partial charge in [0.25, 0.3) is 0 Å². The summed E-state index contributed by atoms with van der Waals surface area (Å²) in [6.07, 6.45) is 3.30. The number of rotatable bonds is 5. The first-order chi connectivity index (χ1) is 11.2. The number of piperidine rings is 1. The van der Waals surface area contributed by atoms with E-state index in [1.807, 2.05) is 24.3 Å². The summed E-state index contributed by atoms with van der Waals surface area (Å²) in [6, 6.07) is 7.57. The van der Waals surface area contributed by atoms with Crippen LogP contribution in [0.1, 0.15) is 36.8 Å². The highest BCUT2D eigenvalue weighted by Crippen LogP contribution is 2.19. The lowest BCUT2D eigenvalue weighted by molar-refractivity contribution is -0.148. The van der Waals surface area contributed by atoms with Gasteiger partial charge in [-0.3, -0.25) is 9.59 Å². The number of amides is 2. The standard InChI is InChI=1S/C17H25N3O3/c18-11-13-4-3-5-14(10-13)12-19-16(22)17(23)20-8-2-1-6-15(20)7-9-21/h3-5,10,15,21H,1-2,6-9,11-12,18H2,(H,19,22). The first kappa shape index (κ1) is 17.4. The molecule has 0 aromatic heterocycles. The van der Waals surface area contributed by atoms with E-state index in [4.69, 9.17) is 10.8 Å². The van der Waals surface area contributed by atoms with Crippen LogP contribution in [0, 0.1) is 0 Å². The summed E-state index contributed by atoms with van der Waals surface area (Å²) in [5, 5.41) is 11.8. The third kappa shape index (κ3) is 4.77. The van der Waals surface area contributed by atoms with Crippen LogP contribution in [0.4, 0.5) is 0 Å². The maximum atomic E-state index is 12.3. The van der Waals surface area contributed by atoms with Crippen LogP contribution >= 0.6 is 0 Å². The summed E-state index contributed by atoms with van der Waals surface area (Å²) in [4.78, 5) is 26.1. The molecule has 1 unspecified atom stereocenters. The van der Waals surface area contributed by atoms with Crippen molar-refractivity contribution in [3.63, 3.8) is 0 Å². The molecule has 6 nitrogen and oxygen atoms in total. The van der Waals surface area contributed by atoms with Crippen molar-refractivity contribution in [1.82, 2.24) is 10.2 Å². The van der Waals surface area contributed by atoms with E-state index in [2.05, 4.69) is 5.32 Å². The molecule has 1 aliphatic heterocycles.